The molecule has 1 aromatic carbocycles. The summed E-state index contributed by atoms with van der Waals surface area (Å²) >= 11 is 0. The van der Waals surface area contributed by atoms with Crippen molar-refractivity contribution >= 4 is 6.29 Å². The fourth-order valence-corrected chi connectivity index (χ4v) is 4.89. The molecule has 0 aliphatic carbocycles. The molecule has 3 atom stereocenters. The van der Waals surface area contributed by atoms with Crippen molar-refractivity contribution in [2.24, 2.45) is 17.8 Å². The van der Waals surface area contributed by atoms with Gasteiger partial charge in [0.1, 0.15) is 6.29 Å². The van der Waals surface area contributed by atoms with E-state index in [0.29, 0.717) is 11.8 Å². The molecule has 1 unspecified atom stereocenters. The van der Waals surface area contributed by atoms with E-state index in [2.05, 4.69) is 37.8 Å². The first-order valence-corrected chi connectivity index (χ1v) is 9.38. The molecule has 4 nitrogen and oxygen atoms in total. The molecule has 138 valence electrons. The van der Waals surface area contributed by atoms with Crippen LogP contribution in [0.15, 0.2) is 12.1 Å². The van der Waals surface area contributed by atoms with Crippen LogP contribution in [-0.2, 0) is 16.8 Å². The molecule has 2 aliphatic heterocycles. The van der Waals surface area contributed by atoms with E-state index in [9.17, 15) is 4.79 Å². The number of methoxy groups -OCH3 is 2. The van der Waals surface area contributed by atoms with Gasteiger partial charge in [0.25, 0.3) is 0 Å². The predicted octanol–water partition coefficient (Wildman–Crippen LogP) is 3.66. The highest BCUT2D eigenvalue weighted by atomic mass is 16.5. The van der Waals surface area contributed by atoms with Gasteiger partial charge in [-0.25, -0.2) is 0 Å². The summed E-state index contributed by atoms with van der Waals surface area (Å²) in [5.74, 6) is 2.78. The van der Waals surface area contributed by atoms with Gasteiger partial charge in [-0.3, -0.25) is 4.90 Å². The number of fused-ring (bicyclic) bond motifs is 3. The Labute approximate surface area is 151 Å². The van der Waals surface area contributed by atoms with Crippen molar-refractivity contribution in [1.82, 2.24) is 4.90 Å². The zero-order chi connectivity index (χ0) is 18.2. The molecule has 25 heavy (non-hydrogen) atoms. The van der Waals surface area contributed by atoms with E-state index < -0.39 is 0 Å². The van der Waals surface area contributed by atoms with E-state index in [1.807, 2.05) is 0 Å². The van der Waals surface area contributed by atoms with Crippen LogP contribution in [0.2, 0.25) is 0 Å². The van der Waals surface area contributed by atoms with Crippen molar-refractivity contribution in [3.05, 3.63) is 23.3 Å². The molecule has 0 amide bonds. The first-order valence-electron chi connectivity index (χ1n) is 9.38. The number of rotatable bonds is 5. The maximum atomic E-state index is 11.8. The van der Waals surface area contributed by atoms with Gasteiger partial charge in [-0.2, -0.15) is 0 Å². The summed E-state index contributed by atoms with van der Waals surface area (Å²) in [6, 6.07) is 4.25. The van der Waals surface area contributed by atoms with Crippen molar-refractivity contribution < 1.29 is 14.3 Å². The van der Waals surface area contributed by atoms with Crippen molar-refractivity contribution in [3.63, 3.8) is 0 Å². The number of benzene rings is 1. The molecular weight excluding hydrogens is 314 g/mol. The first-order chi connectivity index (χ1) is 11.9. The molecule has 3 rings (SSSR count). The molecule has 0 N–H and O–H groups in total. The lowest BCUT2D eigenvalue weighted by Gasteiger charge is -2.53. The largest absolute Gasteiger partial charge is 0.493 e. The molecule has 0 radical (unpaired) electrons. The van der Waals surface area contributed by atoms with Crippen LogP contribution in [0.3, 0.4) is 0 Å². The minimum absolute atomic E-state index is 0.105. The Kier molecular flexibility index (Phi) is 5.10. The Bertz CT molecular complexity index is 642. The molecule has 4 heteroatoms. The summed E-state index contributed by atoms with van der Waals surface area (Å²) in [5.41, 5.74) is 2.52. The number of carbonyl (C=O) groups is 1. The van der Waals surface area contributed by atoms with Gasteiger partial charge in [-0.05, 0) is 61.3 Å². The Morgan fingerprint density at radius 1 is 1.28 bits per heavy atom. The molecule has 2 aliphatic rings. The quantitative estimate of drug-likeness (QED) is 0.764. The van der Waals surface area contributed by atoms with Crippen molar-refractivity contribution in [2.75, 3.05) is 27.3 Å². The number of hydrogen-bond donors (Lipinski definition) is 0. The zero-order valence-corrected chi connectivity index (χ0v) is 16.2. The standard InChI is InChI=1S/C21H31NO3/c1-14(2)8-16-12-22-7-6-15-9-19(24-4)20(25-5)10-18(15)21(22,3)11-17(16)13-23/h9-10,13-14,16-17H,6-8,11-12H2,1-5H3/t16-,17?,21+/m0/s1. The molecular formula is C21H31NO3. The van der Waals surface area contributed by atoms with Gasteiger partial charge in [-0.15, -0.1) is 0 Å². The molecule has 0 bridgehead atoms. The lowest BCUT2D eigenvalue weighted by molar-refractivity contribution is -0.118. The summed E-state index contributed by atoms with van der Waals surface area (Å²) in [4.78, 5) is 14.4. The number of piperidine rings is 1. The molecule has 1 aromatic rings. The smallest absolute Gasteiger partial charge is 0.161 e. The van der Waals surface area contributed by atoms with E-state index in [0.717, 1.165) is 43.9 Å². The SMILES string of the molecule is COc1cc2c(cc1OC)[C@@]1(C)CC(C=O)[C@@H](CC(C)C)CN1CC2. The Balaban J connectivity index is 1.99. The van der Waals surface area contributed by atoms with Gasteiger partial charge in [-0.1, -0.05) is 13.8 Å². The minimum Gasteiger partial charge on any atom is -0.493 e. The van der Waals surface area contributed by atoms with Crippen LogP contribution >= 0.6 is 0 Å². The van der Waals surface area contributed by atoms with Crippen molar-refractivity contribution in [2.45, 2.75) is 45.6 Å². The average molecular weight is 345 g/mol. The number of aldehydes is 1. The highest BCUT2D eigenvalue weighted by Crippen LogP contribution is 2.48. The van der Waals surface area contributed by atoms with E-state index in [-0.39, 0.29) is 11.5 Å². The highest BCUT2D eigenvalue weighted by molar-refractivity contribution is 5.57. The normalized spacial score (nSPS) is 29.0. The van der Waals surface area contributed by atoms with E-state index in [4.69, 9.17) is 9.47 Å². The number of hydrogen-bond acceptors (Lipinski definition) is 4. The lowest BCUT2D eigenvalue weighted by Crippen LogP contribution is -2.56. The Morgan fingerprint density at radius 3 is 2.56 bits per heavy atom. The fraction of sp³-hybridized carbons (Fsp3) is 0.667. The second kappa shape index (κ2) is 6.99. The maximum absolute atomic E-state index is 11.8. The zero-order valence-electron chi connectivity index (χ0n) is 16.2. The van der Waals surface area contributed by atoms with Crippen LogP contribution in [0.5, 0.6) is 11.5 Å². The third-order valence-electron chi connectivity index (χ3n) is 6.18. The summed E-state index contributed by atoms with van der Waals surface area (Å²) in [7, 11) is 3.36. The fourth-order valence-electron chi connectivity index (χ4n) is 4.89. The molecule has 1 fully saturated rings. The average Bonchev–Trinajstić information content (AvgIpc) is 2.60. The number of ether oxygens (including phenoxy) is 2. The molecule has 0 spiro atoms. The van der Waals surface area contributed by atoms with Gasteiger partial charge < -0.3 is 14.3 Å². The van der Waals surface area contributed by atoms with Crippen LogP contribution in [0, 0.1) is 17.8 Å². The second-order valence-corrected chi connectivity index (χ2v) is 8.23. The molecule has 0 saturated carbocycles. The first kappa shape index (κ1) is 18.2. The van der Waals surface area contributed by atoms with E-state index in [1.165, 1.54) is 17.4 Å². The van der Waals surface area contributed by atoms with Gasteiger partial charge in [0.2, 0.25) is 0 Å². The third kappa shape index (κ3) is 3.17. The van der Waals surface area contributed by atoms with Gasteiger partial charge in [0, 0.05) is 24.5 Å². The van der Waals surface area contributed by atoms with Gasteiger partial charge >= 0.3 is 0 Å². The summed E-state index contributed by atoms with van der Waals surface area (Å²) in [5, 5.41) is 0. The van der Waals surface area contributed by atoms with E-state index >= 15 is 0 Å². The van der Waals surface area contributed by atoms with Crippen molar-refractivity contribution in [3.8, 4) is 11.5 Å². The van der Waals surface area contributed by atoms with Crippen molar-refractivity contribution in [1.29, 1.82) is 0 Å². The van der Waals surface area contributed by atoms with E-state index in [1.54, 1.807) is 14.2 Å². The van der Waals surface area contributed by atoms with Gasteiger partial charge in [0.05, 0.1) is 14.2 Å². The predicted molar refractivity (Wildman–Crippen MR) is 99.3 cm³/mol. The van der Waals surface area contributed by atoms with Crippen LogP contribution in [0.1, 0.15) is 44.7 Å². The van der Waals surface area contributed by atoms with Crippen LogP contribution in [-0.4, -0.2) is 38.5 Å². The van der Waals surface area contributed by atoms with Crippen LogP contribution in [0.25, 0.3) is 0 Å². The minimum atomic E-state index is -0.105. The lowest BCUT2D eigenvalue weighted by atomic mass is 9.68. The second-order valence-electron chi connectivity index (χ2n) is 8.23. The summed E-state index contributed by atoms with van der Waals surface area (Å²) in [6.45, 7) is 8.83. The molecule has 0 aromatic heterocycles. The topological polar surface area (TPSA) is 38.8 Å². The molecule has 1 saturated heterocycles. The third-order valence-corrected chi connectivity index (χ3v) is 6.18. The van der Waals surface area contributed by atoms with Gasteiger partial charge in [0.15, 0.2) is 11.5 Å². The summed E-state index contributed by atoms with van der Waals surface area (Å²) < 4.78 is 11.0. The maximum Gasteiger partial charge on any atom is 0.161 e. The number of carbonyl (C=O) groups excluding carboxylic acids is 1. The number of nitrogens with zero attached hydrogens (tertiary/aromatic N) is 1. The monoisotopic (exact) mass is 345 g/mol. The molecule has 2 heterocycles. The van der Waals surface area contributed by atoms with Crippen LogP contribution < -0.4 is 9.47 Å². The van der Waals surface area contributed by atoms with Crippen LogP contribution in [0.4, 0.5) is 0 Å². The Morgan fingerprint density at radius 2 is 1.96 bits per heavy atom. The summed E-state index contributed by atoms with van der Waals surface area (Å²) in [6.07, 6.45) is 4.22. The Hall–Kier alpha value is -1.55. The highest BCUT2D eigenvalue weighted by Gasteiger charge is 2.47.